The minimum absolute atomic E-state index is 0.000241. The van der Waals surface area contributed by atoms with E-state index in [0.29, 0.717) is 11.1 Å². The number of aryl methyl sites for hydroxylation is 2. The Morgan fingerprint density at radius 3 is 2.48 bits per heavy atom. The van der Waals surface area contributed by atoms with Crippen LogP contribution in [0.4, 0.5) is 5.69 Å². The summed E-state index contributed by atoms with van der Waals surface area (Å²) in [6.45, 7) is 5.99. The van der Waals surface area contributed by atoms with Gasteiger partial charge in [-0.15, -0.1) is 0 Å². The maximum Gasteiger partial charge on any atom is 0.269 e. The van der Waals surface area contributed by atoms with Crippen molar-refractivity contribution in [2.45, 2.75) is 20.8 Å². The van der Waals surface area contributed by atoms with Crippen molar-refractivity contribution in [1.82, 2.24) is 9.55 Å². The van der Waals surface area contributed by atoms with Crippen LogP contribution in [0.15, 0.2) is 48.7 Å². The van der Waals surface area contributed by atoms with Gasteiger partial charge in [-0.3, -0.25) is 10.1 Å². The van der Waals surface area contributed by atoms with Gasteiger partial charge >= 0.3 is 0 Å². The molecule has 134 valence electrons. The number of pyridine rings is 1. The molecule has 2 aromatic heterocycles. The van der Waals surface area contributed by atoms with Crippen molar-refractivity contribution in [1.29, 1.82) is 5.26 Å². The average Bonchev–Trinajstić information content (AvgIpc) is 2.93. The first-order valence-electron chi connectivity index (χ1n) is 8.39. The van der Waals surface area contributed by atoms with Crippen LogP contribution in [-0.2, 0) is 0 Å². The first kappa shape index (κ1) is 18.1. The minimum Gasteiger partial charge on any atom is -0.303 e. The van der Waals surface area contributed by atoms with Gasteiger partial charge in [-0.25, -0.2) is 4.98 Å². The molecule has 1 aromatic carbocycles. The molecule has 27 heavy (non-hydrogen) atoms. The highest BCUT2D eigenvalue weighted by Gasteiger charge is 2.12. The van der Waals surface area contributed by atoms with E-state index < -0.39 is 4.92 Å². The molecule has 0 unspecified atom stereocenters. The number of allylic oxidation sites excluding steroid dienone is 1. The Bertz CT molecular complexity index is 1090. The Morgan fingerprint density at radius 2 is 1.89 bits per heavy atom. The first-order chi connectivity index (χ1) is 12.9. The molecule has 0 spiro atoms. The normalized spacial score (nSPS) is 11.3. The second-order valence-corrected chi connectivity index (χ2v) is 6.33. The molecule has 0 saturated carbocycles. The lowest BCUT2D eigenvalue weighted by Gasteiger charge is -2.09. The van der Waals surface area contributed by atoms with Crippen LogP contribution in [0.2, 0.25) is 0 Å². The summed E-state index contributed by atoms with van der Waals surface area (Å²) in [5, 5.41) is 20.4. The number of benzene rings is 1. The van der Waals surface area contributed by atoms with Crippen molar-refractivity contribution in [3.05, 3.63) is 86.9 Å². The van der Waals surface area contributed by atoms with Gasteiger partial charge in [0.15, 0.2) is 0 Å². The summed E-state index contributed by atoms with van der Waals surface area (Å²) in [5.41, 5.74) is 5.10. The summed E-state index contributed by atoms with van der Waals surface area (Å²) in [4.78, 5) is 14.8. The molecule has 0 radical (unpaired) electrons. The molecule has 0 amide bonds. The lowest BCUT2D eigenvalue weighted by atomic mass is 10.0. The monoisotopic (exact) mass is 358 g/mol. The minimum atomic E-state index is -0.456. The SMILES string of the molecule is Cc1ccnc(-n2c(C)cc(/C=C(/C#N)c3ccc([N+](=O)[O-])cc3)c2C)c1. The number of aromatic nitrogens is 2. The van der Waals surface area contributed by atoms with Crippen molar-refractivity contribution in [3.8, 4) is 11.9 Å². The molecule has 6 nitrogen and oxygen atoms in total. The largest absolute Gasteiger partial charge is 0.303 e. The molecular weight excluding hydrogens is 340 g/mol. The summed E-state index contributed by atoms with van der Waals surface area (Å²) in [6.07, 6.45) is 3.58. The maximum atomic E-state index is 10.8. The Morgan fingerprint density at radius 1 is 1.19 bits per heavy atom. The quantitative estimate of drug-likeness (QED) is 0.382. The van der Waals surface area contributed by atoms with Crippen LogP contribution in [0.1, 0.15) is 28.1 Å². The van der Waals surface area contributed by atoms with Crippen molar-refractivity contribution in [2.24, 2.45) is 0 Å². The van der Waals surface area contributed by atoms with Crippen LogP contribution in [0.25, 0.3) is 17.5 Å². The third-order valence-electron chi connectivity index (χ3n) is 4.41. The van der Waals surface area contributed by atoms with Crippen LogP contribution in [0.5, 0.6) is 0 Å². The van der Waals surface area contributed by atoms with Crippen molar-refractivity contribution < 1.29 is 4.92 Å². The summed E-state index contributed by atoms with van der Waals surface area (Å²) in [6, 6.07) is 14.1. The highest BCUT2D eigenvalue weighted by Crippen LogP contribution is 2.25. The van der Waals surface area contributed by atoms with E-state index in [9.17, 15) is 15.4 Å². The molecule has 0 saturated heterocycles. The molecule has 6 heteroatoms. The molecule has 3 aromatic rings. The Balaban J connectivity index is 2.04. The fraction of sp³-hybridized carbons (Fsp3) is 0.143. The van der Waals surface area contributed by atoms with Crippen molar-refractivity contribution >= 4 is 17.3 Å². The van der Waals surface area contributed by atoms with Gasteiger partial charge in [0.2, 0.25) is 0 Å². The molecule has 3 rings (SSSR count). The fourth-order valence-electron chi connectivity index (χ4n) is 3.03. The van der Waals surface area contributed by atoms with E-state index in [-0.39, 0.29) is 5.69 Å². The van der Waals surface area contributed by atoms with Crippen LogP contribution < -0.4 is 0 Å². The van der Waals surface area contributed by atoms with Crippen LogP contribution >= 0.6 is 0 Å². The molecule has 0 aliphatic heterocycles. The standard InChI is InChI=1S/C21H18N4O2/c1-14-8-9-23-21(10-14)24-15(2)11-18(16(24)3)12-19(13-22)17-4-6-20(7-5-17)25(26)27/h4-12H,1-3H3/b19-12-. The third kappa shape index (κ3) is 3.62. The second kappa shape index (κ2) is 7.26. The van der Waals surface area contributed by atoms with E-state index >= 15 is 0 Å². The molecule has 0 N–H and O–H groups in total. The van der Waals surface area contributed by atoms with Crippen LogP contribution in [0.3, 0.4) is 0 Å². The van der Waals surface area contributed by atoms with Gasteiger partial charge in [0.05, 0.1) is 16.6 Å². The number of nitro groups is 1. The lowest BCUT2D eigenvalue weighted by molar-refractivity contribution is -0.384. The van der Waals surface area contributed by atoms with Gasteiger partial charge in [0.25, 0.3) is 5.69 Å². The molecule has 0 fully saturated rings. The van der Waals surface area contributed by atoms with Crippen LogP contribution in [-0.4, -0.2) is 14.5 Å². The van der Waals surface area contributed by atoms with Gasteiger partial charge in [0.1, 0.15) is 5.82 Å². The zero-order chi connectivity index (χ0) is 19.6. The predicted molar refractivity (Wildman–Crippen MR) is 104 cm³/mol. The fourth-order valence-corrected chi connectivity index (χ4v) is 3.03. The highest BCUT2D eigenvalue weighted by molar-refractivity contribution is 5.90. The van der Waals surface area contributed by atoms with Gasteiger partial charge < -0.3 is 4.57 Å². The van der Waals surface area contributed by atoms with Crippen molar-refractivity contribution in [2.75, 3.05) is 0 Å². The van der Waals surface area contributed by atoms with E-state index in [0.717, 1.165) is 28.3 Å². The maximum absolute atomic E-state index is 10.8. The zero-order valence-corrected chi connectivity index (χ0v) is 15.3. The van der Waals surface area contributed by atoms with Gasteiger partial charge in [-0.05, 0) is 73.9 Å². The smallest absolute Gasteiger partial charge is 0.269 e. The van der Waals surface area contributed by atoms with E-state index in [1.807, 2.05) is 43.5 Å². The topological polar surface area (TPSA) is 84.8 Å². The summed E-state index contributed by atoms with van der Waals surface area (Å²) in [5.74, 6) is 0.832. The predicted octanol–water partition coefficient (Wildman–Crippen LogP) is 4.77. The summed E-state index contributed by atoms with van der Waals surface area (Å²) < 4.78 is 2.05. The molecule has 0 atom stereocenters. The molecule has 0 aliphatic rings. The van der Waals surface area contributed by atoms with Gasteiger partial charge in [-0.2, -0.15) is 5.26 Å². The van der Waals surface area contributed by atoms with E-state index in [1.54, 1.807) is 24.4 Å². The Hall–Kier alpha value is -3.72. The molecular formula is C21H18N4O2. The summed E-state index contributed by atoms with van der Waals surface area (Å²) in [7, 11) is 0. The number of nitro benzene ring substituents is 1. The summed E-state index contributed by atoms with van der Waals surface area (Å²) >= 11 is 0. The number of nitrogens with zero attached hydrogens (tertiary/aromatic N) is 4. The van der Waals surface area contributed by atoms with Crippen LogP contribution in [0, 0.1) is 42.2 Å². The number of nitriles is 1. The van der Waals surface area contributed by atoms with E-state index in [4.69, 9.17) is 0 Å². The Kier molecular flexibility index (Phi) is 4.86. The van der Waals surface area contributed by atoms with Gasteiger partial charge in [-0.1, -0.05) is 0 Å². The van der Waals surface area contributed by atoms with E-state index in [1.165, 1.54) is 12.1 Å². The second-order valence-electron chi connectivity index (χ2n) is 6.33. The number of non-ortho nitro benzene ring substituents is 1. The zero-order valence-electron chi connectivity index (χ0n) is 15.3. The molecule has 0 bridgehead atoms. The average molecular weight is 358 g/mol. The van der Waals surface area contributed by atoms with Gasteiger partial charge in [0, 0.05) is 29.7 Å². The molecule has 2 heterocycles. The van der Waals surface area contributed by atoms with Crippen molar-refractivity contribution in [3.63, 3.8) is 0 Å². The lowest BCUT2D eigenvalue weighted by Crippen LogP contribution is -2.01. The number of hydrogen-bond acceptors (Lipinski definition) is 4. The Labute approximate surface area is 157 Å². The third-order valence-corrected chi connectivity index (χ3v) is 4.41. The molecule has 0 aliphatic carbocycles. The van der Waals surface area contributed by atoms with E-state index in [2.05, 4.69) is 11.1 Å². The number of rotatable bonds is 4. The number of hydrogen-bond donors (Lipinski definition) is 0. The first-order valence-corrected chi connectivity index (χ1v) is 8.39. The highest BCUT2D eigenvalue weighted by atomic mass is 16.6.